The molecule has 0 saturated carbocycles. The van der Waals surface area contributed by atoms with Gasteiger partial charge < -0.3 is 20.3 Å². The van der Waals surface area contributed by atoms with E-state index in [1.807, 2.05) is 32.8 Å². The highest BCUT2D eigenvalue weighted by atomic mass is 16.5. The van der Waals surface area contributed by atoms with Crippen LogP contribution in [0.2, 0.25) is 0 Å². The first-order valence-electron chi connectivity index (χ1n) is 7.08. The Balaban J connectivity index is 2.79. The molecule has 0 fully saturated rings. The fourth-order valence-electron chi connectivity index (χ4n) is 1.50. The van der Waals surface area contributed by atoms with Gasteiger partial charge in [-0.2, -0.15) is 15.0 Å². The molecule has 1 heterocycles. The average Bonchev–Trinajstić information content (AvgIpc) is 2.42. The lowest BCUT2D eigenvalue weighted by molar-refractivity contribution is 0.141. The van der Waals surface area contributed by atoms with Crippen molar-refractivity contribution in [2.24, 2.45) is 0 Å². The van der Waals surface area contributed by atoms with Crippen LogP contribution in [0.25, 0.3) is 0 Å². The predicted molar refractivity (Wildman–Crippen MR) is 82.5 cm³/mol. The van der Waals surface area contributed by atoms with Crippen molar-refractivity contribution in [1.29, 1.82) is 0 Å². The van der Waals surface area contributed by atoms with Crippen LogP contribution in [-0.4, -0.2) is 54.8 Å². The molecule has 0 aliphatic heterocycles. The minimum absolute atomic E-state index is 0.145. The second kappa shape index (κ2) is 8.52. The molecule has 0 bridgehead atoms. The molecular formula is C13H26N6O. The van der Waals surface area contributed by atoms with E-state index in [0.29, 0.717) is 31.1 Å². The van der Waals surface area contributed by atoms with Gasteiger partial charge in [0.25, 0.3) is 0 Å². The van der Waals surface area contributed by atoms with Crippen LogP contribution in [0.1, 0.15) is 27.2 Å². The number of ether oxygens (including phenoxy) is 1. The molecule has 0 aromatic carbocycles. The van der Waals surface area contributed by atoms with E-state index in [1.165, 1.54) is 0 Å². The third-order valence-corrected chi connectivity index (χ3v) is 2.50. The average molecular weight is 282 g/mol. The summed E-state index contributed by atoms with van der Waals surface area (Å²) >= 11 is 0. The monoisotopic (exact) mass is 282 g/mol. The van der Waals surface area contributed by atoms with Crippen LogP contribution in [0, 0.1) is 0 Å². The maximum atomic E-state index is 5.38. The van der Waals surface area contributed by atoms with Gasteiger partial charge in [0.15, 0.2) is 0 Å². The van der Waals surface area contributed by atoms with Crippen molar-refractivity contribution >= 4 is 17.8 Å². The molecule has 0 saturated heterocycles. The van der Waals surface area contributed by atoms with Gasteiger partial charge in [-0.05, 0) is 20.3 Å². The van der Waals surface area contributed by atoms with Crippen molar-refractivity contribution in [3.63, 3.8) is 0 Å². The topological polar surface area (TPSA) is 75.2 Å². The second-order valence-electron chi connectivity index (χ2n) is 4.81. The Hall–Kier alpha value is -1.63. The smallest absolute Gasteiger partial charge is 0.231 e. The largest absolute Gasteiger partial charge is 0.380 e. The van der Waals surface area contributed by atoms with Gasteiger partial charge in [-0.1, -0.05) is 6.92 Å². The molecule has 1 aromatic rings. The number of hydrogen-bond donors (Lipinski definition) is 2. The Morgan fingerprint density at radius 3 is 2.45 bits per heavy atom. The first-order chi connectivity index (χ1) is 9.56. The summed E-state index contributed by atoms with van der Waals surface area (Å²) in [5, 5.41) is 6.42. The molecule has 20 heavy (non-hydrogen) atoms. The molecule has 0 radical (unpaired) electrons. The highest BCUT2D eigenvalue weighted by Crippen LogP contribution is 2.12. The van der Waals surface area contributed by atoms with Crippen molar-refractivity contribution in [3.8, 4) is 0 Å². The van der Waals surface area contributed by atoms with Crippen molar-refractivity contribution in [1.82, 2.24) is 15.0 Å². The summed E-state index contributed by atoms with van der Waals surface area (Å²) in [6.07, 6.45) is 1.02. The highest BCUT2D eigenvalue weighted by molar-refractivity contribution is 5.43. The van der Waals surface area contributed by atoms with Crippen LogP contribution in [0.15, 0.2) is 0 Å². The van der Waals surface area contributed by atoms with Gasteiger partial charge in [-0.15, -0.1) is 0 Å². The Kier molecular flexibility index (Phi) is 7.00. The zero-order valence-corrected chi connectivity index (χ0v) is 13.1. The number of nitrogens with one attached hydrogen (secondary N) is 2. The van der Waals surface area contributed by atoms with Crippen molar-refractivity contribution in [3.05, 3.63) is 0 Å². The molecule has 0 aliphatic rings. The Morgan fingerprint density at radius 2 is 1.85 bits per heavy atom. The van der Waals surface area contributed by atoms with Crippen molar-refractivity contribution in [2.45, 2.75) is 33.2 Å². The fourth-order valence-corrected chi connectivity index (χ4v) is 1.50. The van der Waals surface area contributed by atoms with E-state index < -0.39 is 0 Å². The lowest BCUT2D eigenvalue weighted by atomic mass is 10.4. The van der Waals surface area contributed by atoms with E-state index in [-0.39, 0.29) is 6.04 Å². The van der Waals surface area contributed by atoms with Crippen molar-refractivity contribution in [2.75, 3.05) is 49.4 Å². The molecule has 0 amide bonds. The molecule has 0 aliphatic carbocycles. The molecule has 1 atom stereocenters. The molecule has 7 nitrogen and oxygen atoms in total. The fraction of sp³-hybridized carbons (Fsp3) is 0.769. The van der Waals surface area contributed by atoms with Gasteiger partial charge in [0.1, 0.15) is 0 Å². The van der Waals surface area contributed by atoms with E-state index in [1.54, 1.807) is 0 Å². The summed E-state index contributed by atoms with van der Waals surface area (Å²) in [4.78, 5) is 15.0. The summed E-state index contributed by atoms with van der Waals surface area (Å²) in [7, 11) is 3.82. The summed E-state index contributed by atoms with van der Waals surface area (Å²) in [6, 6.07) is 0.145. The zero-order valence-electron chi connectivity index (χ0n) is 13.1. The van der Waals surface area contributed by atoms with E-state index in [9.17, 15) is 0 Å². The van der Waals surface area contributed by atoms with Crippen LogP contribution in [0.5, 0.6) is 0 Å². The van der Waals surface area contributed by atoms with Crippen LogP contribution >= 0.6 is 0 Å². The molecular weight excluding hydrogens is 256 g/mol. The lowest BCUT2D eigenvalue weighted by Gasteiger charge is -2.17. The van der Waals surface area contributed by atoms with Gasteiger partial charge >= 0.3 is 0 Å². The Morgan fingerprint density at radius 1 is 1.15 bits per heavy atom. The summed E-state index contributed by atoms with van der Waals surface area (Å²) in [5.41, 5.74) is 0. The predicted octanol–water partition coefficient (Wildman–Crippen LogP) is 1.60. The Labute approximate surface area is 121 Å². The van der Waals surface area contributed by atoms with E-state index in [4.69, 9.17) is 4.74 Å². The van der Waals surface area contributed by atoms with Gasteiger partial charge in [-0.25, -0.2) is 0 Å². The lowest BCUT2D eigenvalue weighted by Crippen LogP contribution is -2.24. The molecule has 1 rings (SSSR count). The van der Waals surface area contributed by atoms with Gasteiger partial charge in [0.05, 0.1) is 6.61 Å². The standard InChI is InChI=1S/C13H26N6O/c1-6-8-14-11-16-12(15-10(3)9-20-7-2)18-13(17-11)19(4)5/h10H,6-9H2,1-5H3,(H2,14,15,16,17,18). The summed E-state index contributed by atoms with van der Waals surface area (Å²) < 4.78 is 5.38. The molecule has 1 unspecified atom stereocenters. The minimum atomic E-state index is 0.145. The molecule has 7 heteroatoms. The summed E-state index contributed by atoms with van der Waals surface area (Å²) in [6.45, 7) is 8.28. The van der Waals surface area contributed by atoms with Crippen LogP contribution in [0.3, 0.4) is 0 Å². The van der Waals surface area contributed by atoms with Crippen LogP contribution in [-0.2, 0) is 4.74 Å². The van der Waals surface area contributed by atoms with E-state index in [2.05, 4.69) is 32.5 Å². The normalized spacial score (nSPS) is 12.1. The zero-order chi connectivity index (χ0) is 15.0. The van der Waals surface area contributed by atoms with Gasteiger partial charge in [0, 0.05) is 33.3 Å². The minimum Gasteiger partial charge on any atom is -0.380 e. The molecule has 0 spiro atoms. The van der Waals surface area contributed by atoms with Crippen LogP contribution < -0.4 is 15.5 Å². The number of rotatable bonds is 9. The second-order valence-corrected chi connectivity index (χ2v) is 4.81. The van der Waals surface area contributed by atoms with E-state index >= 15 is 0 Å². The third kappa shape index (κ3) is 5.56. The van der Waals surface area contributed by atoms with Gasteiger partial charge in [0.2, 0.25) is 17.8 Å². The SMILES string of the molecule is CCCNc1nc(NC(C)COCC)nc(N(C)C)n1. The first-order valence-corrected chi connectivity index (χ1v) is 7.08. The summed E-state index contributed by atoms with van der Waals surface area (Å²) in [5.74, 6) is 1.79. The maximum absolute atomic E-state index is 5.38. The molecule has 114 valence electrons. The van der Waals surface area contributed by atoms with Gasteiger partial charge in [-0.3, -0.25) is 0 Å². The van der Waals surface area contributed by atoms with Crippen molar-refractivity contribution < 1.29 is 4.74 Å². The first kappa shape index (κ1) is 16.4. The maximum Gasteiger partial charge on any atom is 0.231 e. The molecule has 1 aromatic heterocycles. The van der Waals surface area contributed by atoms with E-state index in [0.717, 1.165) is 13.0 Å². The number of hydrogen-bond acceptors (Lipinski definition) is 7. The quantitative estimate of drug-likeness (QED) is 0.712. The molecule has 2 N–H and O–H groups in total. The number of nitrogens with zero attached hydrogens (tertiary/aromatic N) is 4. The highest BCUT2D eigenvalue weighted by Gasteiger charge is 2.10. The Bertz CT molecular complexity index is 398. The number of anilines is 3. The van der Waals surface area contributed by atoms with Crippen LogP contribution in [0.4, 0.5) is 17.8 Å². The third-order valence-electron chi connectivity index (χ3n) is 2.50. The number of aromatic nitrogens is 3.